The number of aliphatic hydroxyl groups is 2. The van der Waals surface area contributed by atoms with Crippen LogP contribution in [0.5, 0.6) is 0 Å². The van der Waals surface area contributed by atoms with Gasteiger partial charge in [0.2, 0.25) is 0 Å². The third-order valence-electron chi connectivity index (χ3n) is 13.9. The lowest BCUT2D eigenvalue weighted by Gasteiger charge is -2.26. The largest absolute Gasteiger partial charge is 0.396 e. The number of hydrogen-bond acceptors (Lipinski definition) is 4. The molecular formula is C70H56N2O2. The van der Waals surface area contributed by atoms with Crippen LogP contribution in [0.2, 0.25) is 0 Å². The van der Waals surface area contributed by atoms with Gasteiger partial charge < -0.3 is 20.0 Å². The third-order valence-corrected chi connectivity index (χ3v) is 13.9. The van der Waals surface area contributed by atoms with Crippen LogP contribution in [0.3, 0.4) is 0 Å². The van der Waals surface area contributed by atoms with Gasteiger partial charge in [0.1, 0.15) is 0 Å². The molecule has 4 nitrogen and oxygen atoms in total. The van der Waals surface area contributed by atoms with Crippen molar-refractivity contribution in [2.45, 2.75) is 12.8 Å². The van der Waals surface area contributed by atoms with E-state index in [0.29, 0.717) is 12.8 Å². The predicted octanol–water partition coefficient (Wildman–Crippen LogP) is 17.7. The number of nitrogens with zero attached hydrogens (tertiary/aromatic N) is 2. The Hall–Kier alpha value is -9.06. The SMILES string of the molecule is OCCc1ccc(-c2ccc(N(c3ccc(-c4ccccc4)cc3)c3ccc(-c4ccc(-c5ccc(N(c6ccc(-c7ccccc7)cc6)c6ccc(-c7ccc(CCO)cc7)cc6)cc5)cc4)cc3)cc2)cc1. The zero-order valence-corrected chi connectivity index (χ0v) is 41.2. The molecule has 358 valence electrons. The quantitative estimate of drug-likeness (QED) is 0.101. The molecule has 11 aromatic carbocycles. The Morgan fingerprint density at radius 2 is 0.351 bits per heavy atom. The predicted molar refractivity (Wildman–Crippen MR) is 310 cm³/mol. The summed E-state index contributed by atoms with van der Waals surface area (Å²) in [6.45, 7) is 0.297. The summed E-state index contributed by atoms with van der Waals surface area (Å²) in [7, 11) is 0. The van der Waals surface area contributed by atoms with E-state index < -0.39 is 0 Å². The van der Waals surface area contributed by atoms with Gasteiger partial charge in [0.25, 0.3) is 0 Å². The van der Waals surface area contributed by atoms with Crippen molar-refractivity contribution in [1.82, 2.24) is 0 Å². The Morgan fingerprint density at radius 1 is 0.189 bits per heavy atom. The molecule has 0 aliphatic carbocycles. The molecule has 11 rings (SSSR count). The zero-order valence-electron chi connectivity index (χ0n) is 41.2. The molecule has 0 heterocycles. The van der Waals surface area contributed by atoms with E-state index in [4.69, 9.17) is 0 Å². The Labute approximate surface area is 435 Å². The summed E-state index contributed by atoms with van der Waals surface area (Å²) in [5, 5.41) is 18.8. The van der Waals surface area contributed by atoms with Gasteiger partial charge in [0, 0.05) is 47.3 Å². The van der Waals surface area contributed by atoms with Gasteiger partial charge >= 0.3 is 0 Å². The summed E-state index contributed by atoms with van der Waals surface area (Å²) in [6, 6.07) is 99.7. The van der Waals surface area contributed by atoms with E-state index in [2.05, 4.69) is 289 Å². The summed E-state index contributed by atoms with van der Waals surface area (Å²) in [4.78, 5) is 4.63. The monoisotopic (exact) mass is 956 g/mol. The van der Waals surface area contributed by atoms with Crippen LogP contribution in [0.1, 0.15) is 11.1 Å². The van der Waals surface area contributed by atoms with Gasteiger partial charge in [-0.2, -0.15) is 0 Å². The summed E-state index contributed by atoms with van der Waals surface area (Å²) < 4.78 is 0. The highest BCUT2D eigenvalue weighted by molar-refractivity contribution is 5.84. The van der Waals surface area contributed by atoms with E-state index in [0.717, 1.165) is 89.8 Å². The van der Waals surface area contributed by atoms with E-state index >= 15 is 0 Å². The van der Waals surface area contributed by atoms with Crippen molar-refractivity contribution in [2.24, 2.45) is 0 Å². The highest BCUT2D eigenvalue weighted by atomic mass is 16.3. The highest BCUT2D eigenvalue weighted by Gasteiger charge is 2.16. The summed E-state index contributed by atoms with van der Waals surface area (Å²) >= 11 is 0. The topological polar surface area (TPSA) is 46.9 Å². The molecule has 0 bridgehead atoms. The maximum atomic E-state index is 9.40. The smallest absolute Gasteiger partial charge is 0.0471 e. The molecule has 0 amide bonds. The first kappa shape index (κ1) is 47.3. The van der Waals surface area contributed by atoms with Crippen molar-refractivity contribution in [3.63, 3.8) is 0 Å². The van der Waals surface area contributed by atoms with Crippen LogP contribution in [0.4, 0.5) is 34.1 Å². The van der Waals surface area contributed by atoms with Gasteiger partial charge in [-0.05, 0) is 164 Å². The van der Waals surface area contributed by atoms with Crippen LogP contribution >= 0.6 is 0 Å². The van der Waals surface area contributed by atoms with Crippen LogP contribution < -0.4 is 9.80 Å². The average Bonchev–Trinajstić information content (AvgIpc) is 3.48. The lowest BCUT2D eigenvalue weighted by atomic mass is 9.99. The van der Waals surface area contributed by atoms with Crippen LogP contribution in [0.25, 0.3) is 66.8 Å². The van der Waals surface area contributed by atoms with Crippen molar-refractivity contribution in [2.75, 3.05) is 23.0 Å². The van der Waals surface area contributed by atoms with E-state index in [1.54, 1.807) is 0 Å². The Bertz CT molecular complexity index is 3280. The maximum Gasteiger partial charge on any atom is 0.0471 e. The van der Waals surface area contributed by atoms with E-state index in [1.165, 1.54) is 22.3 Å². The van der Waals surface area contributed by atoms with Gasteiger partial charge in [-0.3, -0.25) is 0 Å². The number of rotatable bonds is 16. The van der Waals surface area contributed by atoms with Crippen LogP contribution in [0, 0.1) is 0 Å². The third kappa shape index (κ3) is 10.6. The normalized spacial score (nSPS) is 11.1. The first-order valence-electron chi connectivity index (χ1n) is 25.4. The van der Waals surface area contributed by atoms with Crippen LogP contribution in [0.15, 0.2) is 279 Å². The van der Waals surface area contributed by atoms with Crippen molar-refractivity contribution >= 4 is 34.1 Å². The summed E-state index contributed by atoms with van der Waals surface area (Å²) in [5.74, 6) is 0. The molecule has 0 radical (unpaired) electrons. The second kappa shape index (κ2) is 22.1. The first-order chi connectivity index (χ1) is 36.6. The fourth-order valence-electron chi connectivity index (χ4n) is 9.81. The van der Waals surface area contributed by atoms with Gasteiger partial charge in [0.05, 0.1) is 0 Å². The fourth-order valence-corrected chi connectivity index (χ4v) is 9.81. The van der Waals surface area contributed by atoms with E-state index in [1.807, 2.05) is 0 Å². The highest BCUT2D eigenvalue weighted by Crippen LogP contribution is 2.40. The van der Waals surface area contributed by atoms with Crippen molar-refractivity contribution in [1.29, 1.82) is 0 Å². The number of aliphatic hydroxyl groups excluding tert-OH is 2. The molecule has 0 aliphatic heterocycles. The van der Waals surface area contributed by atoms with Gasteiger partial charge in [-0.15, -0.1) is 0 Å². The van der Waals surface area contributed by atoms with Crippen molar-refractivity contribution in [3.8, 4) is 66.8 Å². The second-order valence-corrected chi connectivity index (χ2v) is 18.6. The standard InChI is InChI=1S/C70H56N2O2/c73-49-47-51-11-15-55(16-12-51)61-27-39-67(40-28-61)71(65-35-23-59(24-36-65)53-7-3-1-4-8-53)69-43-31-63(32-44-69)57-19-21-58(22-20-57)64-33-45-70(46-34-64)72(66-37-25-60(26-38-66)54-9-5-2-6-10-54)68-41-29-62(30-42-68)56-17-13-52(14-18-56)48-50-74/h1-46,73-74H,47-50H2. The molecule has 0 fully saturated rings. The Balaban J connectivity index is 0.844. The minimum atomic E-state index is 0.148. The number of anilines is 6. The second-order valence-electron chi connectivity index (χ2n) is 18.6. The summed E-state index contributed by atoms with van der Waals surface area (Å²) in [6.07, 6.45) is 1.32. The molecule has 0 aliphatic rings. The molecule has 2 N–H and O–H groups in total. The van der Waals surface area contributed by atoms with Crippen molar-refractivity contribution in [3.05, 3.63) is 290 Å². The van der Waals surface area contributed by atoms with Crippen LogP contribution in [-0.2, 0) is 12.8 Å². The molecule has 0 spiro atoms. The lowest BCUT2D eigenvalue weighted by molar-refractivity contribution is 0.299. The molecule has 0 aromatic heterocycles. The van der Waals surface area contributed by atoms with E-state index in [9.17, 15) is 10.2 Å². The van der Waals surface area contributed by atoms with Gasteiger partial charge in [0.15, 0.2) is 0 Å². The summed E-state index contributed by atoms with van der Waals surface area (Å²) in [5.41, 5.74) is 22.6. The number of hydrogen-bond donors (Lipinski definition) is 2. The van der Waals surface area contributed by atoms with Crippen LogP contribution in [-0.4, -0.2) is 23.4 Å². The average molecular weight is 957 g/mol. The molecule has 4 heteroatoms. The number of benzene rings is 11. The first-order valence-corrected chi connectivity index (χ1v) is 25.4. The zero-order chi connectivity index (χ0) is 50.1. The molecule has 0 saturated heterocycles. The minimum absolute atomic E-state index is 0.148. The fraction of sp³-hybridized carbons (Fsp3) is 0.0571. The van der Waals surface area contributed by atoms with E-state index in [-0.39, 0.29) is 13.2 Å². The molecule has 0 saturated carbocycles. The molecule has 11 aromatic rings. The molecule has 0 unspecified atom stereocenters. The van der Waals surface area contributed by atoms with Gasteiger partial charge in [-0.25, -0.2) is 0 Å². The van der Waals surface area contributed by atoms with Gasteiger partial charge in [-0.1, -0.05) is 206 Å². The Morgan fingerprint density at radius 3 is 0.541 bits per heavy atom. The van der Waals surface area contributed by atoms with Crippen molar-refractivity contribution < 1.29 is 10.2 Å². The maximum absolute atomic E-state index is 9.40. The lowest BCUT2D eigenvalue weighted by Crippen LogP contribution is -2.09. The molecule has 74 heavy (non-hydrogen) atoms. The molecular weight excluding hydrogens is 901 g/mol. The molecule has 0 atom stereocenters. The Kier molecular flexibility index (Phi) is 14.1. The minimum Gasteiger partial charge on any atom is -0.396 e.